The van der Waals surface area contributed by atoms with Crippen molar-refractivity contribution < 1.29 is 4.43 Å². The van der Waals surface area contributed by atoms with Crippen LogP contribution in [-0.4, -0.2) is 5.81 Å². The van der Waals surface area contributed by atoms with Gasteiger partial charge in [0.25, 0.3) is 0 Å². The minimum atomic E-state index is -1.43. The maximum absolute atomic E-state index is 5.73. The van der Waals surface area contributed by atoms with Gasteiger partial charge in [-0.25, -0.2) is 0 Å². The highest BCUT2D eigenvalue weighted by molar-refractivity contribution is 14.1. The van der Waals surface area contributed by atoms with Gasteiger partial charge >= 0.3 is 5.81 Å². The van der Waals surface area contributed by atoms with E-state index in [-0.39, 0.29) is 0 Å². The monoisotopic (exact) mass is 278 g/mol. The molecule has 0 aliphatic rings. The van der Waals surface area contributed by atoms with Crippen molar-refractivity contribution in [2.24, 2.45) is 0 Å². The lowest BCUT2D eigenvalue weighted by molar-refractivity contribution is 0.577. The van der Waals surface area contributed by atoms with Crippen LogP contribution in [0.5, 0.6) is 5.75 Å². The molecule has 0 saturated carbocycles. The van der Waals surface area contributed by atoms with Gasteiger partial charge < -0.3 is 4.43 Å². The summed E-state index contributed by atoms with van der Waals surface area (Å²) in [6, 6.07) is 9.97. The fraction of sp³-hybridized carbons (Fsp3) is 0.250. The third kappa shape index (κ3) is 3.76. The lowest BCUT2D eigenvalue weighted by Gasteiger charge is -2.16. The summed E-state index contributed by atoms with van der Waals surface area (Å²) in [6.45, 7) is 4.33. The van der Waals surface area contributed by atoms with Crippen LogP contribution >= 0.6 is 21.8 Å². The first-order valence-corrected chi connectivity index (χ1v) is 9.53. The van der Waals surface area contributed by atoms with Crippen molar-refractivity contribution in [1.29, 1.82) is 0 Å². The van der Waals surface area contributed by atoms with Gasteiger partial charge in [0.2, 0.25) is 0 Å². The molecule has 1 nitrogen and oxygen atoms in total. The van der Waals surface area contributed by atoms with Crippen LogP contribution in [0.2, 0.25) is 13.1 Å². The summed E-state index contributed by atoms with van der Waals surface area (Å²) in [5.41, 5.74) is 0. The lowest BCUT2D eigenvalue weighted by Crippen LogP contribution is -2.25. The van der Waals surface area contributed by atoms with Crippen LogP contribution in [0.4, 0.5) is 0 Å². The molecule has 0 aliphatic carbocycles. The maximum atomic E-state index is 5.73. The van der Waals surface area contributed by atoms with Crippen LogP contribution in [-0.2, 0) is 0 Å². The molecule has 3 heteroatoms. The highest BCUT2D eigenvalue weighted by Gasteiger charge is 2.18. The van der Waals surface area contributed by atoms with Crippen molar-refractivity contribution >= 4 is 27.6 Å². The minimum Gasteiger partial charge on any atom is -0.534 e. The van der Waals surface area contributed by atoms with Gasteiger partial charge in [0.1, 0.15) is 5.75 Å². The summed E-state index contributed by atoms with van der Waals surface area (Å²) in [5, 5.41) is 0. The van der Waals surface area contributed by atoms with Crippen molar-refractivity contribution in [3.8, 4) is 5.75 Å². The molecule has 0 fully saturated rings. The Hall–Kier alpha value is -0.0331. The summed E-state index contributed by atoms with van der Waals surface area (Å²) in [6.07, 6.45) is 0. The number of hydrogen-bond acceptors (Lipinski definition) is 1. The van der Waals surface area contributed by atoms with Gasteiger partial charge in [-0.1, -0.05) is 40.0 Å². The molecular weight excluding hydrogens is 267 g/mol. The topological polar surface area (TPSA) is 9.23 Å². The van der Waals surface area contributed by atoms with E-state index in [1.807, 2.05) is 30.3 Å². The number of para-hydroxylation sites is 1. The van der Waals surface area contributed by atoms with Crippen molar-refractivity contribution in [2.45, 2.75) is 13.1 Å². The molecule has 0 atom stereocenters. The molecule has 0 aromatic heterocycles. The van der Waals surface area contributed by atoms with E-state index in [1.54, 1.807) is 0 Å². The molecule has 0 spiro atoms. The summed E-state index contributed by atoms with van der Waals surface area (Å²) in [5.74, 6) is -0.443. The van der Waals surface area contributed by atoms with Gasteiger partial charge in [-0.2, -0.15) is 0 Å². The molecule has 0 N–H and O–H groups in total. The Labute approximate surface area is 81.1 Å². The zero-order valence-corrected chi connectivity index (χ0v) is 9.83. The average molecular weight is 278 g/mol. The van der Waals surface area contributed by atoms with Gasteiger partial charge in [0.05, 0.1) is 0 Å². The number of benzene rings is 1. The van der Waals surface area contributed by atoms with Gasteiger partial charge in [-0.05, 0) is 25.2 Å². The Morgan fingerprint density at radius 1 is 1.18 bits per heavy atom. The zero-order chi connectivity index (χ0) is 8.32. The van der Waals surface area contributed by atoms with Crippen molar-refractivity contribution in [2.75, 3.05) is 0 Å². The van der Waals surface area contributed by atoms with Crippen LogP contribution in [0.1, 0.15) is 0 Å². The van der Waals surface area contributed by atoms with E-state index >= 15 is 0 Å². The second kappa shape index (κ2) is 3.58. The molecular formula is C8H11IOSi. The molecule has 0 aliphatic heterocycles. The molecule has 11 heavy (non-hydrogen) atoms. The molecule has 0 bridgehead atoms. The second-order valence-corrected chi connectivity index (χ2v) is 13.5. The molecule has 0 saturated heterocycles. The van der Waals surface area contributed by atoms with Crippen LogP contribution < -0.4 is 4.43 Å². The Kier molecular flexibility index (Phi) is 2.95. The molecule has 0 unspecified atom stereocenters. The first-order valence-electron chi connectivity index (χ1n) is 3.51. The standard InChI is InChI=1S/C8H11IOSi/c1-11(2,9)10-8-6-4-3-5-7-8/h3-7H,1-2H3. The quantitative estimate of drug-likeness (QED) is 0.458. The minimum absolute atomic E-state index is 0.985. The van der Waals surface area contributed by atoms with E-state index in [4.69, 9.17) is 4.43 Å². The van der Waals surface area contributed by atoms with Crippen molar-refractivity contribution in [1.82, 2.24) is 0 Å². The number of rotatable bonds is 2. The summed E-state index contributed by atoms with van der Waals surface area (Å²) in [4.78, 5) is 0. The Bertz CT molecular complexity index is 217. The third-order valence-corrected chi connectivity index (χ3v) is 2.49. The van der Waals surface area contributed by atoms with Crippen molar-refractivity contribution in [3.63, 3.8) is 0 Å². The maximum Gasteiger partial charge on any atom is 0.310 e. The smallest absolute Gasteiger partial charge is 0.310 e. The SMILES string of the molecule is C[Si](C)(I)Oc1ccccc1. The van der Waals surface area contributed by atoms with Gasteiger partial charge in [-0.3, -0.25) is 0 Å². The van der Waals surface area contributed by atoms with E-state index in [9.17, 15) is 0 Å². The molecule has 0 radical (unpaired) electrons. The second-order valence-electron chi connectivity index (χ2n) is 2.78. The molecule has 0 heterocycles. The first-order chi connectivity index (χ1) is 5.08. The predicted octanol–water partition coefficient (Wildman–Crippen LogP) is 3.20. The molecule has 1 aromatic carbocycles. The van der Waals surface area contributed by atoms with Crippen LogP contribution in [0.15, 0.2) is 30.3 Å². The lowest BCUT2D eigenvalue weighted by atomic mass is 10.3. The Morgan fingerprint density at radius 3 is 2.18 bits per heavy atom. The van der Waals surface area contributed by atoms with E-state index in [0.717, 1.165) is 5.75 Å². The highest BCUT2D eigenvalue weighted by atomic mass is 127. The van der Waals surface area contributed by atoms with Gasteiger partial charge in [0, 0.05) is 0 Å². The Morgan fingerprint density at radius 2 is 1.73 bits per heavy atom. The molecule has 60 valence electrons. The van der Waals surface area contributed by atoms with E-state index in [0.29, 0.717) is 0 Å². The van der Waals surface area contributed by atoms with E-state index < -0.39 is 5.81 Å². The van der Waals surface area contributed by atoms with Crippen molar-refractivity contribution in [3.05, 3.63) is 30.3 Å². The molecule has 0 amide bonds. The van der Waals surface area contributed by atoms with Crippen LogP contribution in [0.25, 0.3) is 0 Å². The van der Waals surface area contributed by atoms with E-state index in [1.165, 1.54) is 0 Å². The Balaban J connectivity index is 2.66. The largest absolute Gasteiger partial charge is 0.534 e. The van der Waals surface area contributed by atoms with Gasteiger partial charge in [0.15, 0.2) is 0 Å². The number of halogens is 1. The average Bonchev–Trinajstić information content (AvgIpc) is 1.85. The van der Waals surface area contributed by atoms with Crippen LogP contribution in [0, 0.1) is 0 Å². The molecule has 1 rings (SSSR count). The normalized spacial score (nSPS) is 11.2. The highest BCUT2D eigenvalue weighted by Crippen LogP contribution is 2.19. The van der Waals surface area contributed by atoms with E-state index in [2.05, 4.69) is 34.9 Å². The zero-order valence-electron chi connectivity index (χ0n) is 6.67. The summed E-state index contributed by atoms with van der Waals surface area (Å²) in [7, 11) is 0. The fourth-order valence-corrected chi connectivity index (χ4v) is 2.23. The van der Waals surface area contributed by atoms with Crippen LogP contribution in [0.3, 0.4) is 0 Å². The summed E-state index contributed by atoms with van der Waals surface area (Å²) < 4.78 is 5.73. The third-order valence-electron chi connectivity index (χ3n) is 1.10. The molecule has 1 aromatic rings. The summed E-state index contributed by atoms with van der Waals surface area (Å²) >= 11 is 2.40. The number of hydrogen-bond donors (Lipinski definition) is 0. The predicted molar refractivity (Wildman–Crippen MR) is 58.6 cm³/mol. The van der Waals surface area contributed by atoms with Gasteiger partial charge in [-0.15, -0.1) is 0 Å². The first kappa shape index (κ1) is 9.06. The fourth-order valence-electron chi connectivity index (χ4n) is 0.769.